The van der Waals surface area contributed by atoms with Crippen molar-refractivity contribution in [3.8, 4) is 0 Å². The Morgan fingerprint density at radius 2 is 2.08 bits per heavy atom. The molecule has 0 saturated heterocycles. The summed E-state index contributed by atoms with van der Waals surface area (Å²) in [4.78, 5) is 9.05. The van der Waals surface area contributed by atoms with Crippen molar-refractivity contribution in [2.45, 2.75) is 19.5 Å². The van der Waals surface area contributed by atoms with Crippen LogP contribution in [-0.2, 0) is 4.74 Å². The van der Waals surface area contributed by atoms with E-state index in [1.807, 2.05) is 36.7 Å². The Hall–Kier alpha value is -3.28. The normalized spacial score (nSPS) is 20.8. The highest BCUT2D eigenvalue weighted by Crippen LogP contribution is 2.38. The van der Waals surface area contributed by atoms with Crippen molar-refractivity contribution in [3.63, 3.8) is 0 Å². The van der Waals surface area contributed by atoms with Gasteiger partial charge in [0.1, 0.15) is 11.4 Å². The van der Waals surface area contributed by atoms with Gasteiger partial charge in [-0.1, -0.05) is 12.1 Å². The molecule has 1 atom stereocenters. The van der Waals surface area contributed by atoms with Crippen LogP contribution in [0, 0.1) is 6.92 Å². The second-order valence-corrected chi connectivity index (χ2v) is 6.51. The zero-order valence-corrected chi connectivity index (χ0v) is 15.0. The van der Waals surface area contributed by atoms with Crippen molar-refractivity contribution in [3.05, 3.63) is 77.6 Å². The summed E-state index contributed by atoms with van der Waals surface area (Å²) in [6.07, 6.45) is 7.53. The first-order chi connectivity index (χ1) is 12.6. The van der Waals surface area contributed by atoms with Crippen LogP contribution in [-0.4, -0.2) is 22.7 Å². The highest BCUT2D eigenvalue weighted by molar-refractivity contribution is 5.84. The molecule has 0 radical (unpaired) electrons. The smallest absolute Gasteiger partial charge is 0.227 e. The van der Waals surface area contributed by atoms with Crippen LogP contribution in [0.15, 0.2) is 66.3 Å². The number of fused-ring (bicyclic) bond motifs is 1. The second kappa shape index (κ2) is 6.22. The van der Waals surface area contributed by atoms with Crippen molar-refractivity contribution in [1.29, 1.82) is 0 Å². The van der Waals surface area contributed by atoms with E-state index in [1.165, 1.54) is 5.56 Å². The predicted molar refractivity (Wildman–Crippen MR) is 102 cm³/mol. The molecule has 0 bridgehead atoms. The largest absolute Gasteiger partial charge is 0.496 e. The Morgan fingerprint density at radius 1 is 1.19 bits per heavy atom. The van der Waals surface area contributed by atoms with Gasteiger partial charge >= 0.3 is 0 Å². The lowest BCUT2D eigenvalue weighted by Crippen LogP contribution is -2.50. The number of hydrogen-bond donors (Lipinski definition) is 3. The zero-order chi connectivity index (χ0) is 18.1. The van der Waals surface area contributed by atoms with E-state index in [-0.39, 0.29) is 0 Å². The molecule has 3 heterocycles. The van der Waals surface area contributed by atoms with Crippen molar-refractivity contribution in [2.24, 2.45) is 0 Å². The van der Waals surface area contributed by atoms with Crippen LogP contribution in [0.5, 0.6) is 0 Å². The molecule has 6 nitrogen and oxygen atoms in total. The molecule has 0 amide bonds. The molecule has 6 heteroatoms. The number of ether oxygens (including phenoxy) is 1. The third-order valence-corrected chi connectivity index (χ3v) is 4.55. The molecule has 1 aromatic carbocycles. The second-order valence-electron chi connectivity index (χ2n) is 6.51. The van der Waals surface area contributed by atoms with E-state index in [0.29, 0.717) is 5.95 Å². The lowest BCUT2D eigenvalue weighted by atomic mass is 9.92. The Morgan fingerprint density at radius 3 is 2.88 bits per heavy atom. The molecule has 4 rings (SSSR count). The highest BCUT2D eigenvalue weighted by Gasteiger charge is 2.39. The third kappa shape index (κ3) is 2.79. The van der Waals surface area contributed by atoms with Gasteiger partial charge in [0.15, 0.2) is 0 Å². The average molecular weight is 347 g/mol. The summed E-state index contributed by atoms with van der Waals surface area (Å²) < 4.78 is 5.57. The Bertz CT molecular complexity index is 947. The van der Waals surface area contributed by atoms with E-state index >= 15 is 0 Å². The Balaban J connectivity index is 1.69. The molecule has 0 saturated carbocycles. The highest BCUT2D eigenvalue weighted by atomic mass is 16.5. The maximum absolute atomic E-state index is 5.57. The van der Waals surface area contributed by atoms with Gasteiger partial charge in [-0.3, -0.25) is 0 Å². The number of nitrogens with zero attached hydrogens (tertiary/aromatic N) is 2. The van der Waals surface area contributed by atoms with Crippen LogP contribution in [0.3, 0.4) is 0 Å². The quantitative estimate of drug-likeness (QED) is 0.789. The fourth-order valence-electron chi connectivity index (χ4n) is 3.28. The van der Waals surface area contributed by atoms with Gasteiger partial charge in [0.2, 0.25) is 5.95 Å². The van der Waals surface area contributed by atoms with Gasteiger partial charge in [-0.25, -0.2) is 9.97 Å². The summed E-state index contributed by atoms with van der Waals surface area (Å²) in [7, 11) is 1.68. The van der Waals surface area contributed by atoms with Crippen LogP contribution < -0.4 is 16.0 Å². The number of rotatable bonds is 4. The minimum atomic E-state index is -0.412. The fourth-order valence-corrected chi connectivity index (χ4v) is 3.28. The van der Waals surface area contributed by atoms with Crippen LogP contribution >= 0.6 is 0 Å². The topological polar surface area (TPSA) is 71.1 Å². The molecule has 2 aromatic rings. The van der Waals surface area contributed by atoms with E-state index in [4.69, 9.17) is 9.72 Å². The van der Waals surface area contributed by atoms with Gasteiger partial charge in [-0.15, -0.1) is 0 Å². The number of aryl methyl sites for hydroxylation is 1. The van der Waals surface area contributed by atoms with Gasteiger partial charge in [0, 0.05) is 29.9 Å². The summed E-state index contributed by atoms with van der Waals surface area (Å²) in [6, 6.07) is 10.0. The molecule has 0 spiro atoms. The molecule has 3 N–H and O–H groups in total. The van der Waals surface area contributed by atoms with E-state index in [1.54, 1.807) is 13.3 Å². The average Bonchev–Trinajstić information content (AvgIpc) is 2.99. The van der Waals surface area contributed by atoms with Crippen LogP contribution in [0.1, 0.15) is 18.2 Å². The van der Waals surface area contributed by atoms with E-state index in [2.05, 4.69) is 46.9 Å². The SMILES string of the molecule is COC1=C2C(c3ccnc(Nc4cccc(C)c4)n3)=CNC2(C)NC=C1. The van der Waals surface area contributed by atoms with Crippen LogP contribution in [0.25, 0.3) is 5.57 Å². The van der Waals surface area contributed by atoms with Gasteiger partial charge < -0.3 is 20.7 Å². The van der Waals surface area contributed by atoms with E-state index < -0.39 is 5.66 Å². The lowest BCUT2D eigenvalue weighted by Gasteiger charge is -2.32. The number of dihydropyridines is 1. The number of benzene rings is 1. The Labute approximate surface area is 152 Å². The van der Waals surface area contributed by atoms with E-state index in [0.717, 1.165) is 28.3 Å². The zero-order valence-electron chi connectivity index (χ0n) is 15.0. The van der Waals surface area contributed by atoms with Crippen LogP contribution in [0.2, 0.25) is 0 Å². The van der Waals surface area contributed by atoms with Crippen LogP contribution in [0.4, 0.5) is 11.6 Å². The molecule has 132 valence electrons. The minimum Gasteiger partial charge on any atom is -0.496 e. The number of allylic oxidation sites excluding steroid dienone is 1. The molecular formula is C20H21N5O. The maximum Gasteiger partial charge on any atom is 0.227 e. The van der Waals surface area contributed by atoms with Crippen molar-refractivity contribution >= 4 is 17.2 Å². The monoisotopic (exact) mass is 347 g/mol. The number of aromatic nitrogens is 2. The summed E-state index contributed by atoms with van der Waals surface area (Å²) >= 11 is 0. The summed E-state index contributed by atoms with van der Waals surface area (Å²) in [5, 5.41) is 9.99. The number of methoxy groups -OCH3 is 1. The van der Waals surface area contributed by atoms with Gasteiger partial charge in [-0.2, -0.15) is 0 Å². The van der Waals surface area contributed by atoms with Crippen molar-refractivity contribution in [2.75, 3.05) is 12.4 Å². The van der Waals surface area contributed by atoms with Gasteiger partial charge in [-0.05, 0) is 43.7 Å². The Kier molecular flexibility index (Phi) is 3.88. The van der Waals surface area contributed by atoms with E-state index in [9.17, 15) is 0 Å². The van der Waals surface area contributed by atoms with Gasteiger partial charge in [0.25, 0.3) is 0 Å². The van der Waals surface area contributed by atoms with Gasteiger partial charge in [0.05, 0.1) is 18.4 Å². The molecule has 1 unspecified atom stereocenters. The standard InChI is InChI=1S/C20H21N5O/c1-13-5-4-6-14(11-13)24-19-21-9-7-16(25-19)15-12-23-20(2)18(15)17(26-3)8-10-22-20/h4-12,22-23H,1-3H3,(H,21,24,25). The molecular weight excluding hydrogens is 326 g/mol. The first-order valence-electron chi connectivity index (χ1n) is 8.47. The molecule has 2 aliphatic heterocycles. The first-order valence-corrected chi connectivity index (χ1v) is 8.47. The lowest BCUT2D eigenvalue weighted by molar-refractivity contribution is 0.286. The minimum absolute atomic E-state index is 0.412. The summed E-state index contributed by atoms with van der Waals surface area (Å²) in [6.45, 7) is 4.13. The number of anilines is 2. The third-order valence-electron chi connectivity index (χ3n) is 4.55. The molecule has 0 fully saturated rings. The molecule has 0 aliphatic carbocycles. The molecule has 1 aromatic heterocycles. The van der Waals surface area contributed by atoms with Crippen molar-refractivity contribution < 1.29 is 4.74 Å². The molecule has 2 aliphatic rings. The molecule has 26 heavy (non-hydrogen) atoms. The maximum atomic E-state index is 5.57. The number of nitrogens with one attached hydrogen (secondary N) is 3. The summed E-state index contributed by atoms with van der Waals surface area (Å²) in [5.41, 5.74) is 4.57. The van der Waals surface area contributed by atoms with Crippen molar-refractivity contribution in [1.82, 2.24) is 20.6 Å². The predicted octanol–water partition coefficient (Wildman–Crippen LogP) is 3.21. The summed E-state index contributed by atoms with van der Waals surface area (Å²) in [5.74, 6) is 1.37. The fraction of sp³-hybridized carbons (Fsp3) is 0.200. The number of hydrogen-bond acceptors (Lipinski definition) is 6. The first kappa shape index (κ1) is 16.2.